The van der Waals surface area contributed by atoms with Crippen LogP contribution in [0.25, 0.3) is 0 Å². The quantitative estimate of drug-likeness (QED) is 0.925. The van der Waals surface area contributed by atoms with E-state index in [1.54, 1.807) is 0 Å². The number of aliphatic hydroxyl groups is 1. The van der Waals surface area contributed by atoms with Gasteiger partial charge in [-0.3, -0.25) is 0 Å². The van der Waals surface area contributed by atoms with E-state index in [0.717, 1.165) is 22.9 Å². The number of halogens is 2. The molecule has 1 aromatic carbocycles. The highest BCUT2D eigenvalue weighted by atomic mass is 32.2. The minimum atomic E-state index is -4.15. The predicted molar refractivity (Wildman–Crippen MR) is 69.5 cm³/mol. The molecule has 1 fully saturated rings. The molecule has 1 aliphatic rings. The van der Waals surface area contributed by atoms with Crippen LogP contribution in [0.2, 0.25) is 0 Å². The predicted octanol–water partition coefficient (Wildman–Crippen LogP) is 1.75. The summed E-state index contributed by atoms with van der Waals surface area (Å²) in [6.07, 6.45) is 1.43. The highest BCUT2D eigenvalue weighted by molar-refractivity contribution is 7.89. The fraction of sp³-hybridized carbons (Fsp3) is 0.538. The topological polar surface area (TPSA) is 57.6 Å². The van der Waals surface area contributed by atoms with Crippen molar-refractivity contribution in [2.24, 2.45) is 5.92 Å². The summed E-state index contributed by atoms with van der Waals surface area (Å²) in [7, 11) is -4.15. The van der Waals surface area contributed by atoms with Crippen LogP contribution in [0.3, 0.4) is 0 Å². The van der Waals surface area contributed by atoms with E-state index < -0.39 is 32.6 Å². The largest absolute Gasteiger partial charge is 0.395 e. The standard InChI is InChI=1S/C13H17F2NO3S/c1-9-3-2-6-16(12(9)8-17)20(18,19)13-7-10(14)4-5-11(13)15/h4-5,7,9,12,17H,2-3,6,8H2,1H3. The van der Waals surface area contributed by atoms with Gasteiger partial charge in [0.1, 0.15) is 16.5 Å². The first kappa shape index (κ1) is 15.3. The molecule has 7 heteroatoms. The Balaban J connectivity index is 2.45. The summed E-state index contributed by atoms with van der Waals surface area (Å²) < 4.78 is 53.0. The lowest BCUT2D eigenvalue weighted by Crippen LogP contribution is -2.49. The molecular weight excluding hydrogens is 288 g/mol. The maximum absolute atomic E-state index is 13.7. The molecule has 4 nitrogen and oxygen atoms in total. The number of piperidine rings is 1. The number of sulfonamides is 1. The van der Waals surface area contributed by atoms with Gasteiger partial charge in [-0.1, -0.05) is 6.92 Å². The van der Waals surface area contributed by atoms with Gasteiger partial charge in [0.2, 0.25) is 10.0 Å². The third-order valence-electron chi connectivity index (χ3n) is 3.73. The Labute approximate surface area is 117 Å². The molecule has 2 rings (SSSR count). The molecule has 0 amide bonds. The van der Waals surface area contributed by atoms with Gasteiger partial charge in [-0.2, -0.15) is 4.31 Å². The number of hydrogen-bond acceptors (Lipinski definition) is 3. The van der Waals surface area contributed by atoms with Crippen molar-refractivity contribution in [3.05, 3.63) is 29.8 Å². The Hall–Kier alpha value is -1.05. The lowest BCUT2D eigenvalue weighted by atomic mass is 9.93. The lowest BCUT2D eigenvalue weighted by Gasteiger charge is -2.37. The van der Waals surface area contributed by atoms with Crippen molar-refractivity contribution in [2.75, 3.05) is 13.2 Å². The summed E-state index contributed by atoms with van der Waals surface area (Å²) >= 11 is 0. The average molecular weight is 305 g/mol. The van der Waals surface area contributed by atoms with E-state index in [9.17, 15) is 22.3 Å². The minimum absolute atomic E-state index is 0.0276. The molecule has 2 atom stereocenters. The molecule has 2 unspecified atom stereocenters. The highest BCUT2D eigenvalue weighted by Crippen LogP contribution is 2.30. The molecule has 1 heterocycles. The molecule has 0 aliphatic carbocycles. The van der Waals surface area contributed by atoms with Crippen LogP contribution in [-0.2, 0) is 10.0 Å². The Morgan fingerprint density at radius 2 is 2.10 bits per heavy atom. The van der Waals surface area contributed by atoms with E-state index in [0.29, 0.717) is 12.5 Å². The zero-order valence-electron chi connectivity index (χ0n) is 11.1. The zero-order chi connectivity index (χ0) is 14.9. The first-order valence-corrected chi connectivity index (χ1v) is 7.89. The van der Waals surface area contributed by atoms with Crippen LogP contribution in [0.5, 0.6) is 0 Å². The second kappa shape index (κ2) is 5.75. The second-order valence-electron chi connectivity index (χ2n) is 5.06. The molecule has 1 saturated heterocycles. The molecule has 0 saturated carbocycles. The van der Waals surface area contributed by atoms with Gasteiger partial charge in [0, 0.05) is 6.54 Å². The molecule has 20 heavy (non-hydrogen) atoms. The van der Waals surface area contributed by atoms with Crippen LogP contribution < -0.4 is 0 Å². The van der Waals surface area contributed by atoms with Crippen molar-refractivity contribution in [3.63, 3.8) is 0 Å². The van der Waals surface area contributed by atoms with E-state index in [1.807, 2.05) is 6.92 Å². The van der Waals surface area contributed by atoms with E-state index in [1.165, 1.54) is 0 Å². The molecule has 0 bridgehead atoms. The number of aliphatic hydroxyl groups excluding tert-OH is 1. The molecule has 1 aromatic rings. The third kappa shape index (κ3) is 2.70. The van der Waals surface area contributed by atoms with Gasteiger partial charge in [0.05, 0.1) is 12.6 Å². The van der Waals surface area contributed by atoms with Gasteiger partial charge in [-0.05, 0) is 37.0 Å². The van der Waals surface area contributed by atoms with Crippen molar-refractivity contribution in [1.82, 2.24) is 4.31 Å². The maximum atomic E-state index is 13.7. The van der Waals surface area contributed by atoms with Crippen molar-refractivity contribution in [2.45, 2.75) is 30.7 Å². The van der Waals surface area contributed by atoms with Gasteiger partial charge < -0.3 is 5.11 Å². The van der Waals surface area contributed by atoms with Crippen LogP contribution >= 0.6 is 0 Å². The summed E-state index contributed by atoms with van der Waals surface area (Å²) in [5, 5.41) is 9.39. The van der Waals surface area contributed by atoms with Gasteiger partial charge >= 0.3 is 0 Å². The first-order valence-electron chi connectivity index (χ1n) is 6.45. The normalized spacial score (nSPS) is 24.8. The zero-order valence-corrected chi connectivity index (χ0v) is 11.9. The Morgan fingerprint density at radius 1 is 1.40 bits per heavy atom. The molecule has 0 aromatic heterocycles. The lowest BCUT2D eigenvalue weighted by molar-refractivity contribution is 0.113. The molecule has 0 spiro atoms. The van der Waals surface area contributed by atoms with E-state index in [2.05, 4.69) is 0 Å². The van der Waals surface area contributed by atoms with E-state index in [-0.39, 0.29) is 19.1 Å². The summed E-state index contributed by atoms with van der Waals surface area (Å²) in [5.41, 5.74) is 0. The third-order valence-corrected chi connectivity index (χ3v) is 5.67. The average Bonchev–Trinajstić information content (AvgIpc) is 2.41. The number of nitrogens with zero attached hydrogens (tertiary/aromatic N) is 1. The fourth-order valence-electron chi connectivity index (χ4n) is 2.58. The van der Waals surface area contributed by atoms with Crippen LogP contribution in [0.4, 0.5) is 8.78 Å². The Bertz CT molecular complexity index is 591. The van der Waals surface area contributed by atoms with Gasteiger partial charge in [0.25, 0.3) is 0 Å². The molecule has 112 valence electrons. The van der Waals surface area contributed by atoms with Crippen molar-refractivity contribution < 1.29 is 22.3 Å². The monoisotopic (exact) mass is 305 g/mol. The van der Waals surface area contributed by atoms with Gasteiger partial charge in [0.15, 0.2) is 0 Å². The van der Waals surface area contributed by atoms with Crippen molar-refractivity contribution in [3.8, 4) is 0 Å². The summed E-state index contributed by atoms with van der Waals surface area (Å²) in [6.45, 7) is 1.70. The van der Waals surface area contributed by atoms with E-state index in [4.69, 9.17) is 0 Å². The molecular formula is C13H17F2NO3S. The maximum Gasteiger partial charge on any atom is 0.246 e. The van der Waals surface area contributed by atoms with E-state index >= 15 is 0 Å². The molecule has 1 aliphatic heterocycles. The second-order valence-corrected chi connectivity index (χ2v) is 6.92. The Morgan fingerprint density at radius 3 is 2.75 bits per heavy atom. The number of benzene rings is 1. The van der Waals surface area contributed by atoms with Crippen molar-refractivity contribution >= 4 is 10.0 Å². The van der Waals surface area contributed by atoms with Gasteiger partial charge in [-0.15, -0.1) is 0 Å². The summed E-state index contributed by atoms with van der Waals surface area (Å²) in [5.74, 6) is -1.82. The van der Waals surface area contributed by atoms with Crippen molar-refractivity contribution in [1.29, 1.82) is 0 Å². The molecule has 0 radical (unpaired) electrons. The number of hydrogen-bond donors (Lipinski definition) is 1. The smallest absolute Gasteiger partial charge is 0.246 e. The highest BCUT2D eigenvalue weighted by Gasteiger charge is 2.38. The summed E-state index contributed by atoms with van der Waals surface area (Å²) in [4.78, 5) is -0.676. The summed E-state index contributed by atoms with van der Waals surface area (Å²) in [6, 6.07) is 1.75. The van der Waals surface area contributed by atoms with Crippen LogP contribution in [0.1, 0.15) is 19.8 Å². The van der Waals surface area contributed by atoms with Crippen LogP contribution in [-0.4, -0.2) is 37.0 Å². The van der Waals surface area contributed by atoms with Crippen LogP contribution in [0, 0.1) is 17.6 Å². The Kier molecular flexibility index (Phi) is 4.41. The SMILES string of the molecule is CC1CCCN(S(=O)(=O)c2cc(F)ccc2F)C1CO. The van der Waals surface area contributed by atoms with Crippen LogP contribution in [0.15, 0.2) is 23.1 Å². The fourth-order valence-corrected chi connectivity index (χ4v) is 4.41. The van der Waals surface area contributed by atoms with Gasteiger partial charge in [-0.25, -0.2) is 17.2 Å². The molecule has 1 N–H and O–H groups in total. The minimum Gasteiger partial charge on any atom is -0.395 e. The number of rotatable bonds is 3. The first-order chi connectivity index (χ1) is 9.37.